The van der Waals surface area contributed by atoms with Gasteiger partial charge in [-0.1, -0.05) is 6.07 Å². The molecule has 1 aliphatic rings. The molecule has 1 N–H and O–H groups in total. The van der Waals surface area contributed by atoms with Crippen LogP contribution in [0.15, 0.2) is 17.1 Å². The van der Waals surface area contributed by atoms with E-state index in [4.69, 9.17) is 5.11 Å². The van der Waals surface area contributed by atoms with Gasteiger partial charge >= 0.3 is 5.97 Å². The molecule has 2 rings (SSSR count). The number of hydrogen-bond donors (Lipinski definition) is 1. The molecular weight excluding hydrogens is 206 g/mol. The number of nitrogens with zero attached hydrogens (tertiary/aromatic N) is 1. The lowest BCUT2D eigenvalue weighted by atomic mass is 9.95. The summed E-state index contributed by atoms with van der Waals surface area (Å²) in [6, 6.07) is 3.42. The lowest BCUT2D eigenvalue weighted by Crippen LogP contribution is -2.27. The van der Waals surface area contributed by atoms with Gasteiger partial charge in [-0.2, -0.15) is 0 Å². The molecule has 82 valence electrons. The number of hydrogen-bond acceptors (Lipinski definition) is 2. The number of benzene rings is 1. The summed E-state index contributed by atoms with van der Waals surface area (Å²) in [6.07, 6.45) is 1.45. The van der Waals surface area contributed by atoms with Gasteiger partial charge in [-0.15, -0.1) is 0 Å². The standard InChI is InChI=1S/C12H11NO3/c1-6-8(7(2)12(15)16)3-4-10-9(6)5-11(14)13-10/h3-5,7H,1-2H3,(H,15,16). The predicted octanol–water partition coefficient (Wildman–Crippen LogP) is 0.123. The van der Waals surface area contributed by atoms with Crippen LogP contribution >= 0.6 is 0 Å². The lowest BCUT2D eigenvalue weighted by Gasteiger charge is -2.09. The highest BCUT2D eigenvalue weighted by Gasteiger charge is 2.17. The molecule has 0 aromatic heterocycles. The quantitative estimate of drug-likeness (QED) is 0.765. The Morgan fingerprint density at radius 1 is 1.44 bits per heavy atom. The highest BCUT2D eigenvalue weighted by molar-refractivity contribution is 6.06. The predicted molar refractivity (Wildman–Crippen MR) is 57.5 cm³/mol. The van der Waals surface area contributed by atoms with Crippen LogP contribution in [0.5, 0.6) is 0 Å². The molecule has 1 aromatic rings. The van der Waals surface area contributed by atoms with Gasteiger partial charge in [0.05, 0.1) is 11.3 Å². The lowest BCUT2D eigenvalue weighted by molar-refractivity contribution is -0.138. The summed E-state index contributed by atoms with van der Waals surface area (Å²) in [5, 5.41) is 10.3. The summed E-state index contributed by atoms with van der Waals surface area (Å²) in [6.45, 7) is 3.45. The molecular formula is C12H11NO3. The fourth-order valence-electron chi connectivity index (χ4n) is 1.89. The Hall–Kier alpha value is -1.97. The molecule has 0 aliphatic carbocycles. The van der Waals surface area contributed by atoms with E-state index in [1.165, 1.54) is 6.08 Å². The van der Waals surface area contributed by atoms with Gasteiger partial charge in [0.15, 0.2) is 0 Å². The monoisotopic (exact) mass is 217 g/mol. The Kier molecular flexibility index (Phi) is 2.34. The average Bonchev–Trinajstić information content (AvgIpc) is 2.59. The Balaban J connectivity index is 2.68. The summed E-state index contributed by atoms with van der Waals surface area (Å²) >= 11 is 0. The molecule has 1 atom stereocenters. The Morgan fingerprint density at radius 2 is 2.12 bits per heavy atom. The molecule has 16 heavy (non-hydrogen) atoms. The fraction of sp³-hybridized carbons (Fsp3) is 0.250. The molecule has 1 unspecified atom stereocenters. The maximum Gasteiger partial charge on any atom is 0.310 e. The van der Waals surface area contributed by atoms with E-state index in [2.05, 4.69) is 4.99 Å². The van der Waals surface area contributed by atoms with Crippen LogP contribution in [0.4, 0.5) is 0 Å². The van der Waals surface area contributed by atoms with Crippen LogP contribution in [0.25, 0.3) is 6.08 Å². The number of amides is 1. The van der Waals surface area contributed by atoms with Crippen molar-refractivity contribution < 1.29 is 14.7 Å². The van der Waals surface area contributed by atoms with Crippen molar-refractivity contribution in [2.45, 2.75) is 19.8 Å². The molecule has 1 amide bonds. The Bertz CT molecular complexity index is 601. The van der Waals surface area contributed by atoms with Gasteiger partial charge in [0.1, 0.15) is 0 Å². The SMILES string of the molecule is Cc1c(C(C)C(=O)O)ccc2c1=CC(=O)N=2. The summed E-state index contributed by atoms with van der Waals surface area (Å²) < 4.78 is 0. The molecule has 4 heteroatoms. The maximum absolute atomic E-state index is 11.1. The number of fused-ring (bicyclic) bond motifs is 1. The van der Waals surface area contributed by atoms with E-state index < -0.39 is 11.9 Å². The molecule has 0 saturated heterocycles. The maximum atomic E-state index is 11.1. The average molecular weight is 217 g/mol. The van der Waals surface area contributed by atoms with E-state index in [9.17, 15) is 9.59 Å². The van der Waals surface area contributed by atoms with Gasteiger partial charge in [0.2, 0.25) is 0 Å². The van der Waals surface area contributed by atoms with E-state index in [0.717, 1.165) is 16.3 Å². The summed E-state index contributed by atoms with van der Waals surface area (Å²) in [5.74, 6) is -1.73. The van der Waals surface area contributed by atoms with Crippen LogP contribution in [0.2, 0.25) is 0 Å². The molecule has 0 spiro atoms. The van der Waals surface area contributed by atoms with Crippen molar-refractivity contribution >= 4 is 18.0 Å². The number of carboxylic acids is 1. The first-order valence-corrected chi connectivity index (χ1v) is 4.97. The first-order chi connectivity index (χ1) is 7.50. The normalized spacial score (nSPS) is 15.0. The highest BCUT2D eigenvalue weighted by Crippen LogP contribution is 2.16. The van der Waals surface area contributed by atoms with E-state index in [0.29, 0.717) is 5.36 Å². The van der Waals surface area contributed by atoms with Crippen molar-refractivity contribution in [3.63, 3.8) is 0 Å². The molecule has 0 bridgehead atoms. The summed E-state index contributed by atoms with van der Waals surface area (Å²) in [5.41, 5.74) is 1.55. The van der Waals surface area contributed by atoms with Gasteiger partial charge in [-0.25, -0.2) is 4.99 Å². The number of carbonyl (C=O) groups excluding carboxylic acids is 1. The molecule has 0 fully saturated rings. The van der Waals surface area contributed by atoms with Gasteiger partial charge in [0.25, 0.3) is 5.91 Å². The van der Waals surface area contributed by atoms with Crippen LogP contribution in [-0.4, -0.2) is 17.0 Å². The number of carbonyl (C=O) groups is 2. The van der Waals surface area contributed by atoms with E-state index in [1.807, 2.05) is 6.92 Å². The third-order valence-corrected chi connectivity index (χ3v) is 2.87. The van der Waals surface area contributed by atoms with Crippen LogP contribution in [0.1, 0.15) is 24.0 Å². The molecule has 1 aliphatic heterocycles. The molecule has 0 saturated carbocycles. The number of carboxylic acid groups (broad SMARTS) is 1. The molecule has 0 radical (unpaired) electrons. The second-order valence-corrected chi connectivity index (χ2v) is 3.87. The Morgan fingerprint density at radius 3 is 2.75 bits per heavy atom. The second-order valence-electron chi connectivity index (χ2n) is 3.87. The molecule has 4 nitrogen and oxygen atoms in total. The van der Waals surface area contributed by atoms with Crippen molar-refractivity contribution in [1.29, 1.82) is 0 Å². The van der Waals surface area contributed by atoms with Gasteiger partial charge in [-0.05, 0) is 31.0 Å². The number of rotatable bonds is 2. The fourth-order valence-corrected chi connectivity index (χ4v) is 1.89. The van der Waals surface area contributed by atoms with Crippen molar-refractivity contribution in [1.82, 2.24) is 0 Å². The smallest absolute Gasteiger partial charge is 0.310 e. The van der Waals surface area contributed by atoms with Crippen LogP contribution in [0, 0.1) is 6.92 Å². The second kappa shape index (κ2) is 3.56. The largest absolute Gasteiger partial charge is 0.481 e. The zero-order chi connectivity index (χ0) is 11.9. The minimum atomic E-state index is -0.871. The Labute approximate surface area is 91.9 Å². The van der Waals surface area contributed by atoms with E-state index in [1.54, 1.807) is 19.1 Å². The molecule has 1 heterocycles. The van der Waals surface area contributed by atoms with Gasteiger partial charge in [0, 0.05) is 11.3 Å². The zero-order valence-corrected chi connectivity index (χ0v) is 9.02. The summed E-state index contributed by atoms with van der Waals surface area (Å²) in [7, 11) is 0. The first kappa shape index (κ1) is 10.5. The minimum absolute atomic E-state index is 0.279. The van der Waals surface area contributed by atoms with E-state index in [-0.39, 0.29) is 5.91 Å². The zero-order valence-electron chi connectivity index (χ0n) is 9.02. The van der Waals surface area contributed by atoms with Crippen molar-refractivity contribution in [3.8, 4) is 0 Å². The summed E-state index contributed by atoms with van der Waals surface area (Å²) in [4.78, 5) is 25.9. The molecule has 1 aromatic carbocycles. The van der Waals surface area contributed by atoms with E-state index >= 15 is 0 Å². The van der Waals surface area contributed by atoms with Gasteiger partial charge in [-0.3, -0.25) is 9.59 Å². The van der Waals surface area contributed by atoms with Crippen LogP contribution in [0.3, 0.4) is 0 Å². The third kappa shape index (κ3) is 1.52. The number of aliphatic carboxylic acids is 1. The first-order valence-electron chi connectivity index (χ1n) is 4.97. The van der Waals surface area contributed by atoms with Crippen molar-refractivity contribution in [2.75, 3.05) is 0 Å². The van der Waals surface area contributed by atoms with Crippen molar-refractivity contribution in [3.05, 3.63) is 33.8 Å². The third-order valence-electron chi connectivity index (χ3n) is 2.87. The van der Waals surface area contributed by atoms with Crippen LogP contribution < -0.4 is 10.6 Å². The topological polar surface area (TPSA) is 66.7 Å². The highest BCUT2D eigenvalue weighted by atomic mass is 16.4. The minimum Gasteiger partial charge on any atom is -0.481 e. The van der Waals surface area contributed by atoms with Crippen LogP contribution in [-0.2, 0) is 9.59 Å². The van der Waals surface area contributed by atoms with Crippen molar-refractivity contribution in [2.24, 2.45) is 4.99 Å². The van der Waals surface area contributed by atoms with Gasteiger partial charge < -0.3 is 5.11 Å².